The number of benzene rings is 3. The average molecular weight is 512 g/mol. The minimum Gasteiger partial charge on any atom is -0.493 e. The summed E-state index contributed by atoms with van der Waals surface area (Å²) < 4.78 is 12.0. The lowest BCUT2D eigenvalue weighted by molar-refractivity contribution is -0.112. The number of nitrogens with zero attached hydrogens (tertiary/aromatic N) is 1. The number of ether oxygens (including phenoxy) is 2. The van der Waals surface area contributed by atoms with Crippen LogP contribution in [-0.4, -0.2) is 12.5 Å². The van der Waals surface area contributed by atoms with E-state index in [9.17, 15) is 10.1 Å². The molecule has 0 heterocycles. The lowest BCUT2D eigenvalue weighted by Crippen LogP contribution is -2.13. The Morgan fingerprint density at radius 3 is 2.44 bits per heavy atom. The normalized spacial score (nSPS) is 10.9. The zero-order valence-electron chi connectivity index (χ0n) is 17.3. The molecule has 0 aliphatic carbocycles. The molecule has 0 atom stereocenters. The van der Waals surface area contributed by atoms with Crippen molar-refractivity contribution in [2.75, 3.05) is 11.9 Å². The third-order valence-electron chi connectivity index (χ3n) is 4.36. The number of nitrogens with one attached hydrogen (secondary N) is 1. The third kappa shape index (κ3) is 6.61. The fourth-order valence-corrected chi connectivity index (χ4v) is 3.41. The van der Waals surface area contributed by atoms with Crippen molar-refractivity contribution in [2.45, 2.75) is 13.5 Å². The molecular weight excluding hydrogens is 492 g/mol. The van der Waals surface area contributed by atoms with Gasteiger partial charge in [-0.3, -0.25) is 4.79 Å². The van der Waals surface area contributed by atoms with Gasteiger partial charge >= 0.3 is 0 Å². The van der Waals surface area contributed by atoms with Crippen molar-refractivity contribution in [3.63, 3.8) is 0 Å². The quantitative estimate of drug-likeness (QED) is 0.272. The highest BCUT2D eigenvalue weighted by atomic mass is 79.9. The molecule has 0 radical (unpaired) electrons. The first-order valence-electron chi connectivity index (χ1n) is 9.81. The van der Waals surface area contributed by atoms with Gasteiger partial charge in [0.25, 0.3) is 5.91 Å². The zero-order valence-corrected chi connectivity index (χ0v) is 19.6. The number of nitriles is 1. The summed E-state index contributed by atoms with van der Waals surface area (Å²) in [6, 6.07) is 21.7. The summed E-state index contributed by atoms with van der Waals surface area (Å²) in [6.07, 6.45) is 1.53. The molecule has 0 saturated carbocycles. The number of anilines is 1. The molecule has 5 nitrogen and oxygen atoms in total. The maximum atomic E-state index is 12.5. The second kappa shape index (κ2) is 11.4. The highest BCUT2D eigenvalue weighted by Crippen LogP contribution is 2.27. The van der Waals surface area contributed by atoms with Gasteiger partial charge in [0.05, 0.1) is 11.1 Å². The van der Waals surface area contributed by atoms with Crippen LogP contribution in [0.15, 0.2) is 76.8 Å². The molecular formula is C25H20BrClN2O3. The second-order valence-corrected chi connectivity index (χ2v) is 7.98. The summed E-state index contributed by atoms with van der Waals surface area (Å²) >= 11 is 9.32. The lowest BCUT2D eigenvalue weighted by Gasteiger charge is -2.09. The van der Waals surface area contributed by atoms with Crippen LogP contribution in [0.4, 0.5) is 5.69 Å². The molecule has 3 rings (SSSR count). The summed E-state index contributed by atoms with van der Waals surface area (Å²) in [7, 11) is 0. The molecule has 0 aliphatic rings. The first-order chi connectivity index (χ1) is 15.5. The Kier molecular flexibility index (Phi) is 8.32. The minimum atomic E-state index is -0.493. The van der Waals surface area contributed by atoms with Crippen molar-refractivity contribution in [1.29, 1.82) is 5.26 Å². The highest BCUT2D eigenvalue weighted by molar-refractivity contribution is 9.10. The average Bonchev–Trinajstić information content (AvgIpc) is 2.80. The number of hydrogen-bond donors (Lipinski definition) is 1. The van der Waals surface area contributed by atoms with Crippen molar-refractivity contribution < 1.29 is 14.3 Å². The fourth-order valence-electron chi connectivity index (χ4n) is 2.77. The molecule has 0 saturated heterocycles. The maximum absolute atomic E-state index is 12.5. The van der Waals surface area contributed by atoms with Crippen LogP contribution in [0.5, 0.6) is 11.5 Å². The van der Waals surface area contributed by atoms with Gasteiger partial charge < -0.3 is 14.8 Å². The van der Waals surface area contributed by atoms with E-state index in [1.807, 2.05) is 37.3 Å². The van der Waals surface area contributed by atoms with Crippen molar-refractivity contribution in [3.8, 4) is 17.6 Å². The topological polar surface area (TPSA) is 71.3 Å². The van der Waals surface area contributed by atoms with Crippen molar-refractivity contribution in [3.05, 3.63) is 92.9 Å². The molecule has 32 heavy (non-hydrogen) atoms. The SMILES string of the molecule is CCOc1ccc(/C=C(\C#N)C(=O)Nc2ccc(OCc3ccc(Cl)cc3)cc2)cc1Br. The first-order valence-corrected chi connectivity index (χ1v) is 11.0. The summed E-state index contributed by atoms with van der Waals surface area (Å²) in [5.74, 6) is 0.867. The van der Waals surface area contributed by atoms with Crippen LogP contribution in [0.3, 0.4) is 0 Å². The Balaban J connectivity index is 1.62. The molecule has 0 aromatic heterocycles. The Labute approximate surface area is 200 Å². The fraction of sp³-hybridized carbons (Fsp3) is 0.120. The molecule has 3 aromatic rings. The Hall–Kier alpha value is -3.27. The van der Waals surface area contributed by atoms with Crippen LogP contribution in [0.1, 0.15) is 18.1 Å². The number of carbonyl (C=O) groups is 1. The third-order valence-corrected chi connectivity index (χ3v) is 5.23. The lowest BCUT2D eigenvalue weighted by atomic mass is 10.1. The molecule has 0 fully saturated rings. The number of halogens is 2. The van der Waals surface area contributed by atoms with E-state index in [2.05, 4.69) is 21.2 Å². The van der Waals surface area contributed by atoms with Gasteiger partial charge in [-0.05, 0) is 88.6 Å². The van der Waals surface area contributed by atoms with Gasteiger partial charge in [-0.2, -0.15) is 5.26 Å². The molecule has 0 spiro atoms. The van der Waals surface area contributed by atoms with Crippen LogP contribution in [0, 0.1) is 11.3 Å². The minimum absolute atomic E-state index is 0.0101. The molecule has 162 valence electrons. The number of rotatable bonds is 8. The van der Waals surface area contributed by atoms with Crippen LogP contribution >= 0.6 is 27.5 Å². The standard InChI is InChI=1S/C25H20BrClN2O3/c1-2-31-24-12-5-18(14-23(24)26)13-19(15-28)25(30)29-21-8-10-22(11-9-21)32-16-17-3-6-20(27)7-4-17/h3-14H,2,16H2,1H3,(H,29,30)/b19-13+. The van der Waals surface area contributed by atoms with Crippen molar-refractivity contribution in [2.24, 2.45) is 0 Å². The van der Waals surface area contributed by atoms with Gasteiger partial charge in [0, 0.05) is 10.7 Å². The van der Waals surface area contributed by atoms with Crippen LogP contribution in [0.25, 0.3) is 6.08 Å². The van der Waals surface area contributed by atoms with Gasteiger partial charge in [0.15, 0.2) is 0 Å². The maximum Gasteiger partial charge on any atom is 0.266 e. The molecule has 3 aromatic carbocycles. The van der Waals surface area contributed by atoms with E-state index in [4.69, 9.17) is 21.1 Å². The Morgan fingerprint density at radius 1 is 1.09 bits per heavy atom. The van der Waals surface area contributed by atoms with Gasteiger partial charge in [-0.25, -0.2) is 0 Å². The highest BCUT2D eigenvalue weighted by Gasteiger charge is 2.11. The first kappa shape index (κ1) is 23.4. The van der Waals surface area contributed by atoms with E-state index in [1.54, 1.807) is 42.5 Å². The molecule has 0 aliphatic heterocycles. The summed E-state index contributed by atoms with van der Waals surface area (Å²) in [5, 5.41) is 12.8. The second-order valence-electron chi connectivity index (χ2n) is 6.69. The monoisotopic (exact) mass is 510 g/mol. The summed E-state index contributed by atoms with van der Waals surface area (Å²) in [4.78, 5) is 12.5. The van der Waals surface area contributed by atoms with Gasteiger partial charge in [0.2, 0.25) is 0 Å². The predicted molar refractivity (Wildman–Crippen MR) is 130 cm³/mol. The van der Waals surface area contributed by atoms with Crippen LogP contribution in [-0.2, 0) is 11.4 Å². The van der Waals surface area contributed by atoms with E-state index < -0.39 is 5.91 Å². The van der Waals surface area contributed by atoms with E-state index in [0.717, 1.165) is 10.0 Å². The number of hydrogen-bond acceptors (Lipinski definition) is 4. The van der Waals surface area contributed by atoms with E-state index in [-0.39, 0.29) is 5.57 Å². The van der Waals surface area contributed by atoms with E-state index >= 15 is 0 Å². The van der Waals surface area contributed by atoms with Gasteiger partial charge in [-0.1, -0.05) is 29.8 Å². The van der Waals surface area contributed by atoms with E-state index in [1.165, 1.54) is 6.08 Å². The predicted octanol–water partition coefficient (Wildman–Crippen LogP) is 6.63. The zero-order chi connectivity index (χ0) is 22.9. The van der Waals surface area contributed by atoms with Gasteiger partial charge in [-0.15, -0.1) is 0 Å². The largest absolute Gasteiger partial charge is 0.493 e. The molecule has 0 bridgehead atoms. The molecule has 1 N–H and O–H groups in total. The number of carbonyl (C=O) groups excluding carboxylic acids is 1. The Morgan fingerprint density at radius 2 is 1.81 bits per heavy atom. The summed E-state index contributed by atoms with van der Waals surface area (Å²) in [6.45, 7) is 2.85. The molecule has 0 unspecified atom stereocenters. The number of amides is 1. The van der Waals surface area contributed by atoms with Crippen LogP contribution < -0.4 is 14.8 Å². The van der Waals surface area contributed by atoms with E-state index in [0.29, 0.717) is 41.0 Å². The van der Waals surface area contributed by atoms with Crippen molar-refractivity contribution >= 4 is 45.2 Å². The Bertz CT molecular complexity index is 1150. The smallest absolute Gasteiger partial charge is 0.266 e. The van der Waals surface area contributed by atoms with Crippen molar-refractivity contribution in [1.82, 2.24) is 0 Å². The molecule has 7 heteroatoms. The summed E-state index contributed by atoms with van der Waals surface area (Å²) in [5.41, 5.74) is 2.25. The van der Waals surface area contributed by atoms with Crippen LogP contribution in [0.2, 0.25) is 5.02 Å². The molecule has 1 amide bonds. The van der Waals surface area contributed by atoms with Gasteiger partial charge in [0.1, 0.15) is 29.7 Å².